The van der Waals surface area contributed by atoms with Gasteiger partial charge in [-0.05, 0) is 35.9 Å². The van der Waals surface area contributed by atoms with Crippen molar-refractivity contribution < 1.29 is 9.21 Å². The van der Waals surface area contributed by atoms with Crippen molar-refractivity contribution >= 4 is 22.6 Å². The van der Waals surface area contributed by atoms with Crippen LogP contribution in [0.2, 0.25) is 0 Å². The predicted molar refractivity (Wildman–Crippen MR) is 98.2 cm³/mol. The third kappa shape index (κ3) is 3.25. The Morgan fingerprint density at radius 1 is 1.08 bits per heavy atom. The summed E-state index contributed by atoms with van der Waals surface area (Å²) >= 11 is 0. The maximum absolute atomic E-state index is 12.4. The first kappa shape index (κ1) is 15.8. The van der Waals surface area contributed by atoms with Crippen molar-refractivity contribution in [2.75, 3.05) is 5.32 Å². The molecule has 2 aromatic carbocycles. The fourth-order valence-electron chi connectivity index (χ4n) is 2.74. The van der Waals surface area contributed by atoms with Crippen molar-refractivity contribution in [1.29, 1.82) is 0 Å². The minimum absolute atomic E-state index is 0.250. The number of nitrogens with zero attached hydrogens (tertiary/aromatic N) is 2. The number of carbonyl (C=O) groups is 1. The Morgan fingerprint density at radius 2 is 1.96 bits per heavy atom. The molecule has 0 radical (unpaired) electrons. The summed E-state index contributed by atoms with van der Waals surface area (Å²) in [4.78, 5) is 27.9. The summed E-state index contributed by atoms with van der Waals surface area (Å²) in [5.41, 5.74) is 1.86. The van der Waals surface area contributed by atoms with E-state index in [1.807, 2.05) is 42.5 Å². The zero-order valence-electron chi connectivity index (χ0n) is 13.8. The van der Waals surface area contributed by atoms with E-state index in [4.69, 9.17) is 4.42 Å². The Kier molecular flexibility index (Phi) is 4.07. The summed E-state index contributed by atoms with van der Waals surface area (Å²) in [7, 11) is 0. The normalized spacial score (nSPS) is 10.8. The van der Waals surface area contributed by atoms with E-state index in [9.17, 15) is 9.59 Å². The number of fused-ring (bicyclic) bond motifs is 1. The number of para-hydroxylation sites is 1. The smallest absolute Gasteiger partial charge is 0.347 e. The zero-order valence-corrected chi connectivity index (χ0v) is 13.8. The summed E-state index contributed by atoms with van der Waals surface area (Å²) in [6.07, 6.45) is 3.14. The molecule has 1 N–H and O–H groups in total. The average Bonchev–Trinajstić information content (AvgIpc) is 3.08. The van der Waals surface area contributed by atoms with Gasteiger partial charge in [0.05, 0.1) is 6.54 Å². The Bertz CT molecular complexity index is 1110. The van der Waals surface area contributed by atoms with Crippen LogP contribution in [0.3, 0.4) is 0 Å². The molecular weight excluding hydrogens is 330 g/mol. The number of carbonyl (C=O) groups excluding carboxylic acids is 1. The number of aromatic nitrogens is 2. The lowest BCUT2D eigenvalue weighted by Gasteiger charge is -2.08. The van der Waals surface area contributed by atoms with Gasteiger partial charge in [-0.25, -0.2) is 9.78 Å². The highest BCUT2D eigenvalue weighted by Gasteiger charge is 2.12. The van der Waals surface area contributed by atoms with Gasteiger partial charge >= 0.3 is 5.69 Å². The molecule has 26 heavy (non-hydrogen) atoms. The second kappa shape index (κ2) is 6.68. The van der Waals surface area contributed by atoms with Crippen molar-refractivity contribution in [2.45, 2.75) is 6.54 Å². The standard InChI is InChI=1S/C20H15N3O3/c24-19(18-12-15-6-1-2-8-17(15)26-18)22-16-7-3-5-14(11-16)13-23-10-4-9-21-20(23)25/h1-12H,13H2,(H,22,24). The molecule has 2 aromatic heterocycles. The summed E-state index contributed by atoms with van der Waals surface area (Å²) in [5, 5.41) is 3.70. The molecule has 0 bridgehead atoms. The number of hydrogen-bond donors (Lipinski definition) is 1. The maximum Gasteiger partial charge on any atom is 0.347 e. The molecule has 0 spiro atoms. The fourth-order valence-corrected chi connectivity index (χ4v) is 2.74. The van der Waals surface area contributed by atoms with Crippen LogP contribution in [-0.4, -0.2) is 15.5 Å². The molecule has 0 aliphatic heterocycles. The number of hydrogen-bond acceptors (Lipinski definition) is 4. The number of amides is 1. The highest BCUT2D eigenvalue weighted by atomic mass is 16.3. The molecule has 0 saturated carbocycles. The van der Waals surface area contributed by atoms with E-state index in [0.717, 1.165) is 10.9 Å². The van der Waals surface area contributed by atoms with Gasteiger partial charge in [-0.2, -0.15) is 0 Å². The quantitative estimate of drug-likeness (QED) is 0.616. The van der Waals surface area contributed by atoms with E-state index in [0.29, 0.717) is 17.8 Å². The molecule has 4 rings (SSSR count). The van der Waals surface area contributed by atoms with Gasteiger partial charge in [0.1, 0.15) is 5.58 Å². The minimum atomic E-state index is -0.322. The summed E-state index contributed by atoms with van der Waals surface area (Å²) in [5.74, 6) is -0.0722. The zero-order chi connectivity index (χ0) is 17.9. The average molecular weight is 345 g/mol. The Hall–Kier alpha value is -3.67. The lowest BCUT2D eigenvalue weighted by atomic mass is 10.2. The first-order valence-corrected chi connectivity index (χ1v) is 8.09. The van der Waals surface area contributed by atoms with E-state index in [2.05, 4.69) is 10.3 Å². The lowest BCUT2D eigenvalue weighted by molar-refractivity contribution is 0.0998. The first-order chi connectivity index (χ1) is 12.7. The molecule has 0 atom stereocenters. The van der Waals surface area contributed by atoms with E-state index in [1.165, 1.54) is 10.8 Å². The number of anilines is 1. The Labute approximate surface area is 148 Å². The Balaban J connectivity index is 1.54. The predicted octanol–water partition coefficient (Wildman–Crippen LogP) is 3.29. The van der Waals surface area contributed by atoms with Crippen molar-refractivity contribution in [1.82, 2.24) is 9.55 Å². The third-order valence-corrected chi connectivity index (χ3v) is 3.97. The van der Waals surface area contributed by atoms with Crippen LogP contribution in [-0.2, 0) is 6.54 Å². The van der Waals surface area contributed by atoms with Crippen LogP contribution in [0, 0.1) is 0 Å². The second-order valence-electron chi connectivity index (χ2n) is 5.83. The largest absolute Gasteiger partial charge is 0.451 e. The number of nitrogens with one attached hydrogen (secondary N) is 1. The molecule has 128 valence electrons. The Morgan fingerprint density at radius 3 is 2.81 bits per heavy atom. The topological polar surface area (TPSA) is 77.1 Å². The van der Waals surface area contributed by atoms with Crippen LogP contribution >= 0.6 is 0 Å². The van der Waals surface area contributed by atoms with E-state index in [1.54, 1.807) is 24.4 Å². The highest BCUT2D eigenvalue weighted by molar-refractivity contribution is 6.04. The molecule has 1 amide bonds. The van der Waals surface area contributed by atoms with E-state index in [-0.39, 0.29) is 17.4 Å². The number of rotatable bonds is 4. The van der Waals surface area contributed by atoms with Crippen LogP contribution in [0.15, 0.2) is 82.3 Å². The molecule has 2 heterocycles. The van der Waals surface area contributed by atoms with Gasteiger partial charge in [0.2, 0.25) is 0 Å². The fraction of sp³-hybridized carbons (Fsp3) is 0.0500. The van der Waals surface area contributed by atoms with Crippen LogP contribution < -0.4 is 11.0 Å². The summed E-state index contributed by atoms with van der Waals surface area (Å²) < 4.78 is 7.08. The summed E-state index contributed by atoms with van der Waals surface area (Å²) in [6.45, 7) is 0.376. The molecule has 0 unspecified atom stereocenters. The summed E-state index contributed by atoms with van der Waals surface area (Å²) in [6, 6.07) is 18.2. The van der Waals surface area contributed by atoms with Gasteiger partial charge in [0, 0.05) is 23.5 Å². The van der Waals surface area contributed by atoms with Crippen molar-refractivity contribution in [3.05, 3.63) is 94.9 Å². The molecule has 4 aromatic rings. The van der Waals surface area contributed by atoms with Crippen molar-refractivity contribution in [3.8, 4) is 0 Å². The molecule has 0 aliphatic carbocycles. The van der Waals surface area contributed by atoms with Gasteiger partial charge in [-0.3, -0.25) is 9.36 Å². The van der Waals surface area contributed by atoms with Gasteiger partial charge < -0.3 is 9.73 Å². The van der Waals surface area contributed by atoms with Crippen LogP contribution in [0.25, 0.3) is 11.0 Å². The number of furan rings is 1. The van der Waals surface area contributed by atoms with E-state index >= 15 is 0 Å². The molecule has 0 fully saturated rings. The first-order valence-electron chi connectivity index (χ1n) is 8.09. The second-order valence-corrected chi connectivity index (χ2v) is 5.83. The van der Waals surface area contributed by atoms with Crippen LogP contribution in [0.4, 0.5) is 5.69 Å². The monoisotopic (exact) mass is 345 g/mol. The lowest BCUT2D eigenvalue weighted by Crippen LogP contribution is -2.22. The van der Waals surface area contributed by atoms with Gasteiger partial charge in [-0.15, -0.1) is 0 Å². The molecule has 6 heteroatoms. The molecule has 6 nitrogen and oxygen atoms in total. The van der Waals surface area contributed by atoms with E-state index < -0.39 is 0 Å². The molecule has 0 aliphatic rings. The molecule has 0 saturated heterocycles. The highest BCUT2D eigenvalue weighted by Crippen LogP contribution is 2.20. The van der Waals surface area contributed by atoms with Crippen molar-refractivity contribution in [2.24, 2.45) is 0 Å². The third-order valence-electron chi connectivity index (χ3n) is 3.97. The van der Waals surface area contributed by atoms with Gasteiger partial charge in [0.15, 0.2) is 5.76 Å². The van der Waals surface area contributed by atoms with Gasteiger partial charge in [-0.1, -0.05) is 30.3 Å². The van der Waals surface area contributed by atoms with Gasteiger partial charge in [0.25, 0.3) is 5.91 Å². The molecular formula is C20H15N3O3. The van der Waals surface area contributed by atoms with Crippen molar-refractivity contribution in [3.63, 3.8) is 0 Å². The van der Waals surface area contributed by atoms with Crippen LogP contribution in [0.5, 0.6) is 0 Å². The number of benzene rings is 2. The maximum atomic E-state index is 12.4. The minimum Gasteiger partial charge on any atom is -0.451 e. The SMILES string of the molecule is O=C(Nc1cccc(Cn2cccnc2=O)c1)c1cc2ccccc2o1. The van der Waals surface area contributed by atoms with Crippen LogP contribution in [0.1, 0.15) is 16.1 Å².